The molecule has 6 aromatic carbocycles. The normalized spacial score (nSPS) is 13.0. The standard InChI is InChI=1S/C39H37I/c40-26-16-6-4-2-1-3-5-7-25-35-36-31-21-12-8-17-27(31)29-19-10-14-23-33(29)38(36)39-34-24-15-11-20-30(34)28-18-9-13-22-32(28)37(35)39/h8-15,17-24,35H,1-7,16,25-26H2. The molecule has 0 radical (unpaired) electrons. The molecule has 0 amide bonds. The third-order valence-electron chi connectivity index (χ3n) is 9.27. The summed E-state index contributed by atoms with van der Waals surface area (Å²) in [6, 6.07) is 36.6. The second kappa shape index (κ2) is 11.5. The van der Waals surface area contributed by atoms with Crippen LogP contribution >= 0.6 is 22.6 Å². The highest BCUT2D eigenvalue weighted by molar-refractivity contribution is 14.1. The minimum absolute atomic E-state index is 0.428. The van der Waals surface area contributed by atoms with Crippen molar-refractivity contribution in [3.05, 3.63) is 108 Å². The van der Waals surface area contributed by atoms with Crippen molar-refractivity contribution >= 4 is 65.7 Å². The lowest BCUT2D eigenvalue weighted by molar-refractivity contribution is 0.555. The zero-order valence-corrected chi connectivity index (χ0v) is 25.4. The van der Waals surface area contributed by atoms with Crippen molar-refractivity contribution in [3.63, 3.8) is 0 Å². The van der Waals surface area contributed by atoms with Crippen LogP contribution in [0.4, 0.5) is 0 Å². The molecular weight excluding hydrogens is 595 g/mol. The van der Waals surface area contributed by atoms with Gasteiger partial charge in [0.2, 0.25) is 0 Å². The molecule has 0 atom stereocenters. The van der Waals surface area contributed by atoms with Gasteiger partial charge in [0.15, 0.2) is 0 Å². The summed E-state index contributed by atoms with van der Waals surface area (Å²) in [4.78, 5) is 0. The van der Waals surface area contributed by atoms with Gasteiger partial charge in [-0.25, -0.2) is 0 Å². The van der Waals surface area contributed by atoms with Gasteiger partial charge in [0, 0.05) is 5.92 Å². The second-order valence-electron chi connectivity index (χ2n) is 11.6. The Labute approximate surface area is 251 Å². The van der Waals surface area contributed by atoms with Crippen LogP contribution in [-0.2, 0) is 0 Å². The fourth-order valence-corrected chi connectivity index (χ4v) is 8.08. The van der Waals surface area contributed by atoms with Crippen LogP contribution < -0.4 is 0 Å². The number of benzene rings is 6. The van der Waals surface area contributed by atoms with E-state index in [4.69, 9.17) is 0 Å². The first-order valence-electron chi connectivity index (χ1n) is 15.3. The van der Waals surface area contributed by atoms with Gasteiger partial charge < -0.3 is 0 Å². The van der Waals surface area contributed by atoms with Crippen LogP contribution in [0, 0.1) is 0 Å². The molecule has 1 heteroatoms. The predicted molar refractivity (Wildman–Crippen MR) is 184 cm³/mol. The van der Waals surface area contributed by atoms with E-state index in [-0.39, 0.29) is 0 Å². The minimum atomic E-state index is 0.428. The highest BCUT2D eigenvalue weighted by Gasteiger charge is 2.35. The van der Waals surface area contributed by atoms with Gasteiger partial charge >= 0.3 is 0 Å². The van der Waals surface area contributed by atoms with Crippen molar-refractivity contribution in [1.29, 1.82) is 0 Å². The van der Waals surface area contributed by atoms with Crippen molar-refractivity contribution in [1.82, 2.24) is 0 Å². The first-order valence-corrected chi connectivity index (χ1v) is 16.8. The summed E-state index contributed by atoms with van der Waals surface area (Å²) < 4.78 is 1.30. The Hall–Kier alpha value is -2.91. The average molecular weight is 633 g/mol. The van der Waals surface area contributed by atoms with E-state index in [1.165, 1.54) is 116 Å². The van der Waals surface area contributed by atoms with Gasteiger partial charge in [-0.15, -0.1) is 0 Å². The average Bonchev–Trinajstić information content (AvgIpc) is 3.36. The van der Waals surface area contributed by atoms with Gasteiger partial charge in [0.1, 0.15) is 0 Å². The molecule has 7 rings (SSSR count). The van der Waals surface area contributed by atoms with Crippen LogP contribution in [0.3, 0.4) is 0 Å². The van der Waals surface area contributed by atoms with Crippen molar-refractivity contribution in [2.45, 2.75) is 63.7 Å². The van der Waals surface area contributed by atoms with Crippen LogP contribution in [0.5, 0.6) is 0 Å². The largest absolute Gasteiger partial charge is 0.0864 e. The minimum Gasteiger partial charge on any atom is -0.0864 e. The molecule has 0 heterocycles. The third-order valence-corrected chi connectivity index (χ3v) is 10.0. The lowest BCUT2D eigenvalue weighted by Gasteiger charge is -2.19. The molecule has 0 unspecified atom stereocenters. The molecule has 6 aromatic rings. The van der Waals surface area contributed by atoms with E-state index < -0.39 is 0 Å². The Kier molecular flexibility index (Phi) is 7.50. The van der Waals surface area contributed by atoms with Crippen molar-refractivity contribution in [2.24, 2.45) is 0 Å². The van der Waals surface area contributed by atoms with E-state index in [1.54, 1.807) is 11.1 Å². The molecule has 1 aliphatic rings. The van der Waals surface area contributed by atoms with E-state index in [1.807, 2.05) is 0 Å². The number of halogens is 1. The van der Waals surface area contributed by atoms with E-state index in [0.717, 1.165) is 0 Å². The summed E-state index contributed by atoms with van der Waals surface area (Å²) in [5.41, 5.74) is 6.13. The summed E-state index contributed by atoms with van der Waals surface area (Å²) >= 11 is 2.50. The molecule has 200 valence electrons. The molecule has 0 nitrogen and oxygen atoms in total. The Balaban J connectivity index is 1.38. The second-order valence-corrected chi connectivity index (χ2v) is 12.7. The summed E-state index contributed by atoms with van der Waals surface area (Å²) in [5, 5.41) is 11.3. The lowest BCUT2D eigenvalue weighted by Crippen LogP contribution is -2.00. The number of hydrogen-bond acceptors (Lipinski definition) is 0. The molecule has 0 saturated heterocycles. The zero-order valence-electron chi connectivity index (χ0n) is 23.3. The topological polar surface area (TPSA) is 0 Å². The van der Waals surface area contributed by atoms with Crippen LogP contribution in [0.25, 0.3) is 54.2 Å². The highest BCUT2D eigenvalue weighted by atomic mass is 127. The van der Waals surface area contributed by atoms with Gasteiger partial charge in [0.05, 0.1) is 0 Å². The SMILES string of the molecule is ICCCCCCCCCCC1c2c(c3ccccc3c3ccccc23)-c2c1c1ccccc1c1ccccc21. The van der Waals surface area contributed by atoms with Crippen LogP contribution in [0.2, 0.25) is 0 Å². The fraction of sp³-hybridized carbons (Fsp3) is 0.282. The van der Waals surface area contributed by atoms with Crippen LogP contribution in [-0.4, -0.2) is 4.43 Å². The Bertz CT molecular complexity index is 1700. The molecule has 0 aliphatic heterocycles. The monoisotopic (exact) mass is 632 g/mol. The fourth-order valence-electron chi connectivity index (χ4n) is 7.54. The van der Waals surface area contributed by atoms with Crippen LogP contribution in [0.1, 0.15) is 74.8 Å². The van der Waals surface area contributed by atoms with E-state index in [0.29, 0.717) is 5.92 Å². The van der Waals surface area contributed by atoms with Gasteiger partial charge in [-0.3, -0.25) is 0 Å². The number of unbranched alkanes of at least 4 members (excludes halogenated alkanes) is 7. The first kappa shape index (κ1) is 26.0. The summed E-state index contributed by atoms with van der Waals surface area (Å²) in [7, 11) is 0. The van der Waals surface area contributed by atoms with Crippen molar-refractivity contribution in [2.75, 3.05) is 4.43 Å². The molecule has 0 saturated carbocycles. The van der Waals surface area contributed by atoms with E-state index in [9.17, 15) is 0 Å². The zero-order chi connectivity index (χ0) is 26.9. The molecule has 0 N–H and O–H groups in total. The molecule has 1 aliphatic carbocycles. The van der Waals surface area contributed by atoms with Crippen molar-refractivity contribution in [3.8, 4) is 11.1 Å². The van der Waals surface area contributed by atoms with Gasteiger partial charge in [-0.05, 0) is 82.6 Å². The van der Waals surface area contributed by atoms with E-state index >= 15 is 0 Å². The Morgan fingerprint density at radius 1 is 0.375 bits per heavy atom. The number of hydrogen-bond donors (Lipinski definition) is 0. The summed E-state index contributed by atoms with van der Waals surface area (Å²) in [6.07, 6.45) is 12.2. The Morgan fingerprint density at radius 2 is 0.700 bits per heavy atom. The maximum Gasteiger partial charge on any atom is 0.0114 e. The summed E-state index contributed by atoms with van der Waals surface area (Å²) in [6.45, 7) is 0. The maximum atomic E-state index is 2.50. The van der Waals surface area contributed by atoms with Crippen molar-refractivity contribution < 1.29 is 0 Å². The number of alkyl halides is 1. The molecule has 0 aromatic heterocycles. The molecule has 0 spiro atoms. The number of fused-ring (bicyclic) bond motifs is 13. The quantitative estimate of drug-likeness (QED) is 0.0610. The van der Waals surface area contributed by atoms with Gasteiger partial charge in [-0.2, -0.15) is 0 Å². The lowest BCUT2D eigenvalue weighted by atomic mass is 9.84. The molecular formula is C39H37I. The van der Waals surface area contributed by atoms with Gasteiger partial charge in [0.25, 0.3) is 0 Å². The molecule has 0 fully saturated rings. The predicted octanol–water partition coefficient (Wildman–Crippen LogP) is 12.4. The summed E-state index contributed by atoms with van der Waals surface area (Å²) in [5.74, 6) is 0.428. The van der Waals surface area contributed by atoms with Gasteiger partial charge in [-0.1, -0.05) is 165 Å². The molecule has 40 heavy (non-hydrogen) atoms. The smallest absolute Gasteiger partial charge is 0.0114 e. The Morgan fingerprint density at radius 3 is 1.12 bits per heavy atom. The van der Waals surface area contributed by atoms with E-state index in [2.05, 4.69) is 120 Å². The first-order chi connectivity index (χ1) is 19.9. The molecule has 0 bridgehead atoms. The maximum absolute atomic E-state index is 2.50. The number of rotatable bonds is 10. The third kappa shape index (κ3) is 4.42. The highest BCUT2D eigenvalue weighted by Crippen LogP contribution is 2.57. The van der Waals surface area contributed by atoms with Crippen LogP contribution in [0.15, 0.2) is 97.1 Å².